The van der Waals surface area contributed by atoms with Crippen LogP contribution in [0.1, 0.15) is 40.3 Å². The van der Waals surface area contributed by atoms with Crippen LogP contribution in [0.3, 0.4) is 0 Å². The molecule has 8 nitrogen and oxygen atoms in total. The molecule has 1 N–H and O–H groups in total. The van der Waals surface area contributed by atoms with Crippen LogP contribution in [0.4, 0.5) is 19.0 Å². The first-order chi connectivity index (χ1) is 15.6. The number of carbonyl (C=O) groups is 1. The zero-order valence-corrected chi connectivity index (χ0v) is 18.3. The minimum Gasteiger partial charge on any atom is -0.311 e. The molecule has 4 aromatic rings. The lowest BCUT2D eigenvalue weighted by molar-refractivity contribution is -0.144. The predicted molar refractivity (Wildman–Crippen MR) is 115 cm³/mol. The molecule has 0 saturated heterocycles. The van der Waals surface area contributed by atoms with Crippen LogP contribution >= 0.6 is 0 Å². The van der Waals surface area contributed by atoms with Crippen molar-refractivity contribution in [2.75, 3.05) is 5.32 Å². The van der Waals surface area contributed by atoms with Crippen LogP contribution in [0.25, 0.3) is 5.78 Å². The van der Waals surface area contributed by atoms with E-state index in [0.717, 1.165) is 15.6 Å². The monoisotopic (exact) mass is 457 g/mol. The largest absolute Gasteiger partial charge is 0.453 e. The van der Waals surface area contributed by atoms with Crippen LogP contribution in [-0.2, 0) is 23.9 Å². The van der Waals surface area contributed by atoms with E-state index in [0.29, 0.717) is 35.7 Å². The van der Waals surface area contributed by atoms with Crippen LogP contribution in [-0.4, -0.2) is 35.3 Å². The van der Waals surface area contributed by atoms with E-state index < -0.39 is 12.0 Å². The molecule has 0 saturated carbocycles. The Morgan fingerprint density at radius 3 is 2.48 bits per heavy atom. The molecule has 1 amide bonds. The predicted octanol–water partition coefficient (Wildman–Crippen LogP) is 3.88. The average Bonchev–Trinajstić information content (AvgIpc) is 3.36. The molecule has 1 aromatic carbocycles. The number of halogens is 3. The summed E-state index contributed by atoms with van der Waals surface area (Å²) in [5.74, 6) is -1.04. The van der Waals surface area contributed by atoms with Gasteiger partial charge in [0.15, 0.2) is 0 Å². The van der Waals surface area contributed by atoms with E-state index in [-0.39, 0.29) is 18.1 Å². The highest BCUT2D eigenvalue weighted by Gasteiger charge is 2.37. The lowest BCUT2D eigenvalue weighted by Crippen LogP contribution is -2.17. The summed E-state index contributed by atoms with van der Waals surface area (Å²) in [6.07, 6.45) is -2.64. The van der Waals surface area contributed by atoms with Crippen molar-refractivity contribution in [3.05, 3.63) is 70.4 Å². The Morgan fingerprint density at radius 2 is 1.79 bits per heavy atom. The van der Waals surface area contributed by atoms with Crippen molar-refractivity contribution in [3.63, 3.8) is 0 Å². The first-order valence-corrected chi connectivity index (χ1v) is 10.3. The van der Waals surface area contributed by atoms with Crippen molar-refractivity contribution >= 4 is 17.5 Å². The highest BCUT2D eigenvalue weighted by atomic mass is 19.4. The third kappa shape index (κ3) is 4.86. The Morgan fingerprint density at radius 1 is 1.06 bits per heavy atom. The van der Waals surface area contributed by atoms with E-state index >= 15 is 0 Å². The number of aromatic nitrogens is 6. The third-order valence-electron chi connectivity index (χ3n) is 5.34. The fraction of sp³-hybridized carbons (Fsp3) is 0.318. The molecule has 3 heterocycles. The summed E-state index contributed by atoms with van der Waals surface area (Å²) >= 11 is 0. The van der Waals surface area contributed by atoms with Gasteiger partial charge < -0.3 is 5.32 Å². The number of fused-ring (bicyclic) bond motifs is 1. The maximum atomic E-state index is 13.0. The molecule has 0 fully saturated rings. The minimum atomic E-state index is -4.66. The van der Waals surface area contributed by atoms with E-state index in [1.807, 2.05) is 31.2 Å². The number of benzene rings is 1. The molecule has 11 heteroatoms. The van der Waals surface area contributed by atoms with Crippen molar-refractivity contribution in [1.82, 2.24) is 29.4 Å². The molecule has 0 aliphatic rings. The quantitative estimate of drug-likeness (QED) is 0.475. The first-order valence-electron chi connectivity index (χ1n) is 10.3. The first kappa shape index (κ1) is 22.4. The molecule has 3 aromatic heterocycles. The number of alkyl halides is 3. The lowest BCUT2D eigenvalue weighted by atomic mass is 10.1. The Labute approximate surface area is 187 Å². The molecule has 0 spiro atoms. The van der Waals surface area contributed by atoms with Crippen LogP contribution in [0.15, 0.2) is 36.5 Å². The van der Waals surface area contributed by atoms with Crippen LogP contribution < -0.4 is 5.32 Å². The number of rotatable bonds is 6. The Bertz CT molecular complexity index is 1310. The van der Waals surface area contributed by atoms with Gasteiger partial charge in [-0.2, -0.15) is 23.3 Å². The summed E-state index contributed by atoms with van der Waals surface area (Å²) in [5.41, 5.74) is 3.85. The fourth-order valence-corrected chi connectivity index (χ4v) is 3.57. The normalized spacial score (nSPS) is 11.8. The SMILES string of the molecule is Cc1ccc(Cn2nccc2NC(=O)CCc2c(C)nc3nc(C(F)(F)F)nn3c2C)cc1. The second-order valence-corrected chi connectivity index (χ2v) is 7.81. The van der Waals surface area contributed by atoms with Gasteiger partial charge in [-0.25, -0.2) is 14.2 Å². The minimum absolute atomic E-state index is 0.116. The molecule has 4 rings (SSSR count). The summed E-state index contributed by atoms with van der Waals surface area (Å²) in [5, 5.41) is 10.7. The van der Waals surface area contributed by atoms with E-state index in [1.165, 1.54) is 0 Å². The van der Waals surface area contributed by atoms with Gasteiger partial charge in [-0.3, -0.25) is 4.79 Å². The standard InChI is InChI=1S/C22H22F3N7O/c1-13-4-6-16(7-5-13)12-31-18(10-11-26-31)28-19(33)9-8-17-14(2)27-21-29-20(22(23,24)25)30-32(21)15(17)3/h4-7,10-11H,8-9,12H2,1-3H3,(H,28,33). The fourth-order valence-electron chi connectivity index (χ4n) is 3.57. The van der Waals surface area contributed by atoms with Crippen molar-refractivity contribution < 1.29 is 18.0 Å². The molecular weight excluding hydrogens is 435 g/mol. The second kappa shape index (κ2) is 8.64. The highest BCUT2D eigenvalue weighted by Crippen LogP contribution is 2.27. The van der Waals surface area contributed by atoms with Gasteiger partial charge in [-0.05, 0) is 38.3 Å². The van der Waals surface area contributed by atoms with Crippen LogP contribution in [0.5, 0.6) is 0 Å². The maximum absolute atomic E-state index is 13.0. The molecular formula is C22H22F3N7O. The van der Waals surface area contributed by atoms with Crippen LogP contribution in [0.2, 0.25) is 0 Å². The average molecular weight is 457 g/mol. The lowest BCUT2D eigenvalue weighted by Gasteiger charge is -2.12. The summed E-state index contributed by atoms with van der Waals surface area (Å²) in [4.78, 5) is 20.2. The zero-order chi connectivity index (χ0) is 23.8. The zero-order valence-electron chi connectivity index (χ0n) is 18.3. The van der Waals surface area contributed by atoms with E-state index in [9.17, 15) is 18.0 Å². The number of nitrogens with zero attached hydrogens (tertiary/aromatic N) is 6. The van der Waals surface area contributed by atoms with Gasteiger partial charge >= 0.3 is 6.18 Å². The van der Waals surface area contributed by atoms with Gasteiger partial charge in [-0.15, -0.1) is 5.10 Å². The summed E-state index contributed by atoms with van der Waals surface area (Å²) < 4.78 is 41.6. The Hall–Kier alpha value is -3.76. The summed E-state index contributed by atoms with van der Waals surface area (Å²) in [6.45, 7) is 5.84. The molecule has 0 bridgehead atoms. The Kier molecular flexibility index (Phi) is 5.88. The maximum Gasteiger partial charge on any atom is 0.453 e. The second-order valence-electron chi connectivity index (χ2n) is 7.81. The number of carbonyl (C=O) groups excluding carboxylic acids is 1. The van der Waals surface area contributed by atoms with Crippen molar-refractivity contribution in [2.24, 2.45) is 0 Å². The molecule has 0 atom stereocenters. The van der Waals surface area contributed by atoms with Crippen molar-refractivity contribution in [2.45, 2.75) is 46.3 Å². The van der Waals surface area contributed by atoms with E-state index in [4.69, 9.17) is 0 Å². The van der Waals surface area contributed by atoms with Gasteiger partial charge in [0.1, 0.15) is 5.82 Å². The summed E-state index contributed by atoms with van der Waals surface area (Å²) in [7, 11) is 0. The molecule has 0 aliphatic carbocycles. The van der Waals surface area contributed by atoms with Crippen LogP contribution in [0, 0.1) is 20.8 Å². The van der Waals surface area contributed by atoms with Gasteiger partial charge in [0.05, 0.1) is 12.7 Å². The van der Waals surface area contributed by atoms with Gasteiger partial charge in [0.2, 0.25) is 5.91 Å². The number of hydrogen-bond donors (Lipinski definition) is 1. The van der Waals surface area contributed by atoms with E-state index in [2.05, 4.69) is 25.5 Å². The molecule has 0 unspecified atom stereocenters. The smallest absolute Gasteiger partial charge is 0.311 e. The number of amides is 1. The number of hydrogen-bond acceptors (Lipinski definition) is 5. The number of nitrogens with one attached hydrogen (secondary N) is 1. The van der Waals surface area contributed by atoms with Crippen molar-refractivity contribution in [1.29, 1.82) is 0 Å². The molecule has 0 aliphatic heterocycles. The Balaban J connectivity index is 1.45. The highest BCUT2D eigenvalue weighted by molar-refractivity contribution is 5.90. The van der Waals surface area contributed by atoms with Crippen molar-refractivity contribution in [3.8, 4) is 0 Å². The molecule has 0 radical (unpaired) electrons. The van der Waals surface area contributed by atoms with Gasteiger partial charge in [0.25, 0.3) is 11.6 Å². The number of anilines is 1. The number of aryl methyl sites for hydroxylation is 3. The van der Waals surface area contributed by atoms with Gasteiger partial charge in [0, 0.05) is 23.9 Å². The van der Waals surface area contributed by atoms with Gasteiger partial charge in [-0.1, -0.05) is 29.8 Å². The molecule has 172 valence electrons. The third-order valence-corrected chi connectivity index (χ3v) is 5.34. The topological polar surface area (TPSA) is 90.0 Å². The summed E-state index contributed by atoms with van der Waals surface area (Å²) in [6, 6.07) is 9.75. The molecule has 33 heavy (non-hydrogen) atoms. The van der Waals surface area contributed by atoms with E-state index in [1.54, 1.807) is 30.8 Å².